The summed E-state index contributed by atoms with van der Waals surface area (Å²) in [6.07, 6.45) is 2.36. The van der Waals surface area contributed by atoms with Crippen LogP contribution < -0.4 is 5.76 Å². The zero-order valence-corrected chi connectivity index (χ0v) is 18.4. The molecule has 3 rings (SSSR count). The summed E-state index contributed by atoms with van der Waals surface area (Å²) >= 11 is 0. The number of nitrogens with zero attached hydrogens (tertiary/aromatic N) is 2. The first kappa shape index (κ1) is 23.1. The van der Waals surface area contributed by atoms with E-state index in [0.717, 1.165) is 12.1 Å². The molecule has 0 aliphatic carbocycles. The van der Waals surface area contributed by atoms with Gasteiger partial charge in [-0.3, -0.25) is 0 Å². The van der Waals surface area contributed by atoms with Gasteiger partial charge in [0.05, 0.1) is 10.7 Å². The number of allylic oxidation sites excluding steroid dienone is 1. The molecule has 1 aliphatic rings. The minimum atomic E-state index is -3.82. The minimum absolute atomic E-state index is 0.0727. The number of sulfonamides is 1. The molecule has 7 nitrogen and oxygen atoms in total. The molecule has 2 heterocycles. The summed E-state index contributed by atoms with van der Waals surface area (Å²) in [5.74, 6) is -2.43. The largest absolute Gasteiger partial charge is 0.434 e. The molecule has 1 aromatic heterocycles. The molecular weight excluding hydrogens is 428 g/mol. The molecule has 2 atom stereocenters. The van der Waals surface area contributed by atoms with Crippen LogP contribution >= 0.6 is 0 Å². The van der Waals surface area contributed by atoms with E-state index in [0.29, 0.717) is 18.4 Å². The van der Waals surface area contributed by atoms with Crippen molar-refractivity contribution in [3.63, 3.8) is 0 Å². The summed E-state index contributed by atoms with van der Waals surface area (Å²) in [6, 6.07) is 1.59. The van der Waals surface area contributed by atoms with Gasteiger partial charge in [0.25, 0.3) is 0 Å². The molecule has 1 fully saturated rings. The van der Waals surface area contributed by atoms with E-state index in [1.807, 2.05) is 0 Å². The van der Waals surface area contributed by atoms with Crippen LogP contribution in [0, 0.1) is 11.6 Å². The maximum atomic E-state index is 15.0. The van der Waals surface area contributed by atoms with Crippen molar-refractivity contribution in [2.24, 2.45) is 0 Å². The Bertz CT molecular complexity index is 1180. The van der Waals surface area contributed by atoms with E-state index in [-0.39, 0.29) is 29.6 Å². The number of rotatable bonds is 6. The molecule has 31 heavy (non-hydrogen) atoms. The SMILES string of the molecule is C=CC(=C)[C@@H]1CC[C@H](C)N(Cc2cc(F)c(C(C)(C)c3n[nH]c(=O)o3)cc2F)S1(=O)=O. The van der Waals surface area contributed by atoms with Gasteiger partial charge in [0.1, 0.15) is 11.6 Å². The zero-order chi connectivity index (χ0) is 23.1. The van der Waals surface area contributed by atoms with Crippen LogP contribution in [-0.4, -0.2) is 34.2 Å². The molecule has 2 aromatic rings. The van der Waals surface area contributed by atoms with Crippen molar-refractivity contribution in [2.45, 2.75) is 56.9 Å². The molecule has 1 saturated heterocycles. The lowest BCUT2D eigenvalue weighted by molar-refractivity contribution is 0.283. The zero-order valence-electron chi connectivity index (χ0n) is 17.6. The van der Waals surface area contributed by atoms with E-state index < -0.39 is 38.1 Å². The van der Waals surface area contributed by atoms with Crippen LogP contribution in [0.15, 0.2) is 46.2 Å². The van der Waals surface area contributed by atoms with E-state index in [4.69, 9.17) is 4.42 Å². The average Bonchev–Trinajstić information content (AvgIpc) is 3.13. The van der Waals surface area contributed by atoms with Crippen LogP contribution in [0.5, 0.6) is 0 Å². The van der Waals surface area contributed by atoms with E-state index in [2.05, 4.69) is 23.4 Å². The lowest BCUT2D eigenvalue weighted by Gasteiger charge is -2.37. The first-order valence-electron chi connectivity index (χ1n) is 9.75. The summed E-state index contributed by atoms with van der Waals surface area (Å²) in [4.78, 5) is 11.3. The quantitative estimate of drug-likeness (QED) is 0.677. The fraction of sp³-hybridized carbons (Fsp3) is 0.429. The third kappa shape index (κ3) is 4.14. The molecule has 0 unspecified atom stereocenters. The smallest absolute Gasteiger partial charge is 0.392 e. The number of nitrogens with one attached hydrogen (secondary N) is 1. The predicted molar refractivity (Wildman–Crippen MR) is 112 cm³/mol. The summed E-state index contributed by atoms with van der Waals surface area (Å²) in [5, 5.41) is 4.98. The highest BCUT2D eigenvalue weighted by atomic mass is 32.2. The van der Waals surface area contributed by atoms with Crippen molar-refractivity contribution in [1.29, 1.82) is 0 Å². The molecule has 0 bridgehead atoms. The molecule has 1 aromatic carbocycles. The molecule has 0 radical (unpaired) electrons. The second-order valence-electron chi connectivity index (χ2n) is 8.25. The summed E-state index contributed by atoms with van der Waals surface area (Å²) in [5.41, 5.74) is -1.03. The predicted octanol–water partition coefficient (Wildman–Crippen LogP) is 3.39. The van der Waals surface area contributed by atoms with Gasteiger partial charge in [0.15, 0.2) is 0 Å². The van der Waals surface area contributed by atoms with Crippen molar-refractivity contribution in [1.82, 2.24) is 14.5 Å². The normalized spacial score (nSPS) is 21.7. The van der Waals surface area contributed by atoms with Gasteiger partial charge in [-0.25, -0.2) is 27.1 Å². The molecule has 10 heteroatoms. The highest BCUT2D eigenvalue weighted by Gasteiger charge is 2.41. The fourth-order valence-electron chi connectivity index (χ4n) is 3.82. The van der Waals surface area contributed by atoms with Gasteiger partial charge >= 0.3 is 5.76 Å². The van der Waals surface area contributed by atoms with E-state index >= 15 is 4.39 Å². The molecule has 0 spiro atoms. The maximum absolute atomic E-state index is 15.0. The van der Waals surface area contributed by atoms with Gasteiger partial charge in [0, 0.05) is 23.7 Å². The maximum Gasteiger partial charge on any atom is 0.434 e. The summed E-state index contributed by atoms with van der Waals surface area (Å²) in [7, 11) is -3.82. The van der Waals surface area contributed by atoms with Crippen LogP contribution in [0.4, 0.5) is 8.78 Å². The van der Waals surface area contributed by atoms with Crippen molar-refractivity contribution >= 4 is 10.0 Å². The number of halogens is 2. The Balaban J connectivity index is 1.97. The Hall–Kier alpha value is -2.59. The molecule has 168 valence electrons. The lowest BCUT2D eigenvalue weighted by atomic mass is 9.83. The third-order valence-electron chi connectivity index (χ3n) is 5.81. The van der Waals surface area contributed by atoms with Crippen LogP contribution in [0.1, 0.15) is 50.6 Å². The second-order valence-corrected chi connectivity index (χ2v) is 10.3. The molecule has 0 saturated carbocycles. The number of aromatic amines is 1. The van der Waals surface area contributed by atoms with Crippen molar-refractivity contribution in [3.05, 3.63) is 76.1 Å². The van der Waals surface area contributed by atoms with Crippen LogP contribution in [0.25, 0.3) is 0 Å². The Morgan fingerprint density at radius 3 is 2.61 bits per heavy atom. The Morgan fingerprint density at radius 1 is 1.35 bits per heavy atom. The van der Waals surface area contributed by atoms with E-state index in [1.165, 1.54) is 24.2 Å². The first-order valence-corrected chi connectivity index (χ1v) is 11.3. The van der Waals surface area contributed by atoms with Crippen molar-refractivity contribution in [3.8, 4) is 0 Å². The summed E-state index contributed by atoms with van der Waals surface area (Å²) in [6.45, 7) is 11.8. The first-order chi connectivity index (χ1) is 14.4. The van der Waals surface area contributed by atoms with Crippen molar-refractivity contribution in [2.75, 3.05) is 0 Å². The number of hydrogen-bond donors (Lipinski definition) is 1. The fourth-order valence-corrected chi connectivity index (χ4v) is 5.99. The van der Waals surface area contributed by atoms with Gasteiger partial charge in [0.2, 0.25) is 15.9 Å². The minimum Gasteiger partial charge on any atom is -0.392 e. The topological polar surface area (TPSA) is 96.3 Å². The van der Waals surface area contributed by atoms with Gasteiger partial charge < -0.3 is 4.42 Å². The van der Waals surface area contributed by atoms with Crippen LogP contribution in [-0.2, 0) is 22.0 Å². The van der Waals surface area contributed by atoms with Gasteiger partial charge in [-0.05, 0) is 51.3 Å². The lowest BCUT2D eigenvalue weighted by Crippen LogP contribution is -2.48. The molecular formula is C21H25F2N3O4S. The van der Waals surface area contributed by atoms with Gasteiger partial charge in [-0.2, -0.15) is 4.31 Å². The third-order valence-corrected chi connectivity index (χ3v) is 8.21. The number of aromatic nitrogens is 2. The highest BCUT2D eigenvalue weighted by molar-refractivity contribution is 7.90. The Labute approximate surface area is 179 Å². The molecule has 1 N–H and O–H groups in total. The van der Waals surface area contributed by atoms with Gasteiger partial charge in [-0.15, -0.1) is 5.10 Å². The molecule has 1 aliphatic heterocycles. The second kappa shape index (κ2) is 8.16. The number of benzene rings is 1. The van der Waals surface area contributed by atoms with E-state index in [1.54, 1.807) is 6.92 Å². The monoisotopic (exact) mass is 453 g/mol. The summed E-state index contributed by atoms with van der Waals surface area (Å²) < 4.78 is 62.3. The average molecular weight is 454 g/mol. The van der Waals surface area contributed by atoms with Crippen LogP contribution in [0.3, 0.4) is 0 Å². The highest BCUT2D eigenvalue weighted by Crippen LogP contribution is 2.35. The van der Waals surface area contributed by atoms with Crippen LogP contribution in [0.2, 0.25) is 0 Å². The van der Waals surface area contributed by atoms with Crippen molar-refractivity contribution < 1.29 is 21.6 Å². The van der Waals surface area contributed by atoms with E-state index in [9.17, 15) is 17.6 Å². The Kier molecular flexibility index (Phi) is 6.07. The number of H-pyrrole nitrogens is 1. The Morgan fingerprint density at radius 2 is 2.03 bits per heavy atom. The standard InChI is InChI=1S/C21H25F2N3O4S/c1-6-12(2)18-8-7-13(3)26(31(18,28)29)11-14-9-17(23)15(10-16(14)22)21(4,5)19-24-25-20(27)30-19/h6,9-10,13,18H,1-2,7-8,11H2,3-5H3,(H,25,27)/t13-,18-/m0/s1. The van der Waals surface area contributed by atoms with Gasteiger partial charge in [-0.1, -0.05) is 19.2 Å². The number of hydrogen-bond acceptors (Lipinski definition) is 5. The molecule has 0 amide bonds.